The van der Waals surface area contributed by atoms with Crippen LogP contribution in [-0.4, -0.2) is 18.1 Å². The van der Waals surface area contributed by atoms with E-state index in [-0.39, 0.29) is 11.2 Å². The number of benzene rings is 3. The summed E-state index contributed by atoms with van der Waals surface area (Å²) in [6.07, 6.45) is 4.74. The van der Waals surface area contributed by atoms with Crippen molar-refractivity contribution in [1.82, 2.24) is 4.98 Å². The maximum absolute atomic E-state index is 15.8. The van der Waals surface area contributed by atoms with E-state index >= 15 is 4.39 Å². The third-order valence-electron chi connectivity index (χ3n) is 7.46. The zero-order valence-corrected chi connectivity index (χ0v) is 18.8. The highest BCUT2D eigenvalue weighted by atomic mass is 19.1. The summed E-state index contributed by atoms with van der Waals surface area (Å²) in [7, 11) is 0. The zero-order chi connectivity index (χ0) is 21.9. The Balaban J connectivity index is 1.43. The van der Waals surface area contributed by atoms with Crippen molar-refractivity contribution in [2.75, 3.05) is 18.0 Å². The first-order valence-corrected chi connectivity index (χ1v) is 11.8. The van der Waals surface area contributed by atoms with Crippen LogP contribution >= 0.6 is 0 Å². The number of anilines is 1. The molecule has 0 spiro atoms. The molecule has 1 aliphatic carbocycles. The van der Waals surface area contributed by atoms with Gasteiger partial charge in [-0.05, 0) is 59.9 Å². The first kappa shape index (κ1) is 19.6. The number of halogens is 1. The van der Waals surface area contributed by atoms with Gasteiger partial charge < -0.3 is 9.88 Å². The van der Waals surface area contributed by atoms with Crippen molar-refractivity contribution < 1.29 is 4.39 Å². The topological polar surface area (TPSA) is 19.0 Å². The molecule has 1 N–H and O–H groups in total. The number of nitrogens with one attached hydrogen (secondary N) is 1. The molecule has 6 rings (SSSR count). The van der Waals surface area contributed by atoms with Crippen LogP contribution in [0.2, 0.25) is 0 Å². The second-order valence-electron chi connectivity index (χ2n) is 10.0. The normalized spacial score (nSPS) is 17.3. The number of H-pyrrole nitrogens is 1. The predicted molar refractivity (Wildman–Crippen MR) is 132 cm³/mol. The molecule has 0 radical (unpaired) electrons. The number of hydrogen-bond acceptors (Lipinski definition) is 1. The lowest BCUT2D eigenvalue weighted by Gasteiger charge is -2.32. The van der Waals surface area contributed by atoms with E-state index in [0.717, 1.165) is 36.2 Å². The molecule has 0 atom stereocenters. The number of aromatic amines is 1. The van der Waals surface area contributed by atoms with Crippen LogP contribution in [0.5, 0.6) is 0 Å². The van der Waals surface area contributed by atoms with Gasteiger partial charge in [0.25, 0.3) is 0 Å². The smallest absolute Gasteiger partial charge is 0.155 e. The van der Waals surface area contributed by atoms with Crippen LogP contribution in [0.4, 0.5) is 10.1 Å². The average molecular weight is 425 g/mol. The molecule has 0 amide bonds. The number of aromatic nitrogens is 1. The molecule has 4 aromatic rings. The standard InChI is InChI=1S/C29H29FN2/c1-29(2)18-24-22-15-14-21(19-10-12-20(13-11-19)32-16-6-3-7-17-32)26(30)28(22)31-27(24)23-8-4-5-9-25(23)29/h4-5,8-15,31H,3,6-7,16-18H2,1-2H3. The Morgan fingerprint density at radius 2 is 1.59 bits per heavy atom. The van der Waals surface area contributed by atoms with Crippen molar-refractivity contribution in [3.05, 3.63) is 77.6 Å². The summed E-state index contributed by atoms with van der Waals surface area (Å²) >= 11 is 0. The van der Waals surface area contributed by atoms with Gasteiger partial charge in [0.05, 0.1) is 11.2 Å². The number of nitrogens with zero attached hydrogens (tertiary/aromatic N) is 1. The number of piperidine rings is 1. The molecule has 1 aromatic heterocycles. The first-order chi connectivity index (χ1) is 15.5. The predicted octanol–water partition coefficient (Wildman–Crippen LogP) is 7.47. The monoisotopic (exact) mass is 424 g/mol. The van der Waals surface area contributed by atoms with Gasteiger partial charge in [-0.2, -0.15) is 0 Å². The quantitative estimate of drug-likeness (QED) is 0.354. The van der Waals surface area contributed by atoms with E-state index in [1.54, 1.807) is 0 Å². The van der Waals surface area contributed by atoms with Crippen molar-refractivity contribution >= 4 is 16.6 Å². The molecule has 0 bridgehead atoms. The van der Waals surface area contributed by atoms with Crippen LogP contribution in [0.1, 0.15) is 44.2 Å². The molecule has 1 fully saturated rings. The molecule has 3 heteroatoms. The summed E-state index contributed by atoms with van der Waals surface area (Å²) in [5.74, 6) is -0.155. The van der Waals surface area contributed by atoms with Crippen LogP contribution in [-0.2, 0) is 11.8 Å². The summed E-state index contributed by atoms with van der Waals surface area (Å²) in [4.78, 5) is 5.90. The highest BCUT2D eigenvalue weighted by molar-refractivity contribution is 5.95. The van der Waals surface area contributed by atoms with Gasteiger partial charge in [0.1, 0.15) is 0 Å². The molecule has 2 nitrogen and oxygen atoms in total. The Labute approximate surface area is 189 Å². The lowest BCUT2D eigenvalue weighted by molar-refractivity contribution is 0.519. The maximum Gasteiger partial charge on any atom is 0.155 e. The van der Waals surface area contributed by atoms with Gasteiger partial charge in [-0.25, -0.2) is 4.39 Å². The van der Waals surface area contributed by atoms with Crippen molar-refractivity contribution in [2.24, 2.45) is 0 Å². The third-order valence-corrected chi connectivity index (χ3v) is 7.46. The second-order valence-corrected chi connectivity index (χ2v) is 10.0. The van der Waals surface area contributed by atoms with Gasteiger partial charge in [-0.1, -0.05) is 62.4 Å². The first-order valence-electron chi connectivity index (χ1n) is 11.8. The minimum absolute atomic E-state index is 0.0259. The molecule has 162 valence electrons. The largest absolute Gasteiger partial charge is 0.372 e. The van der Waals surface area contributed by atoms with E-state index in [0.29, 0.717) is 11.1 Å². The Morgan fingerprint density at radius 3 is 2.38 bits per heavy atom. The highest BCUT2D eigenvalue weighted by Crippen LogP contribution is 2.46. The van der Waals surface area contributed by atoms with Crippen molar-refractivity contribution in [3.8, 4) is 22.4 Å². The molecule has 1 saturated heterocycles. The zero-order valence-electron chi connectivity index (χ0n) is 18.8. The van der Waals surface area contributed by atoms with E-state index in [9.17, 15) is 0 Å². The lowest BCUT2D eigenvalue weighted by Crippen LogP contribution is -2.29. The van der Waals surface area contributed by atoms with Crippen molar-refractivity contribution in [2.45, 2.75) is 44.9 Å². The van der Waals surface area contributed by atoms with E-state index < -0.39 is 0 Å². The van der Waals surface area contributed by atoms with Gasteiger partial charge in [-0.15, -0.1) is 0 Å². The fraction of sp³-hybridized carbons (Fsp3) is 0.310. The maximum atomic E-state index is 15.8. The molecule has 3 aromatic carbocycles. The second kappa shape index (κ2) is 7.23. The summed E-state index contributed by atoms with van der Waals surface area (Å²) in [5, 5.41) is 1.01. The fourth-order valence-electron chi connectivity index (χ4n) is 5.75. The van der Waals surface area contributed by atoms with Crippen LogP contribution in [0.25, 0.3) is 33.3 Å². The number of hydrogen-bond donors (Lipinski definition) is 1. The van der Waals surface area contributed by atoms with Crippen molar-refractivity contribution in [3.63, 3.8) is 0 Å². The Kier molecular flexibility index (Phi) is 4.43. The molecular weight excluding hydrogens is 395 g/mol. The Morgan fingerprint density at radius 1 is 0.844 bits per heavy atom. The summed E-state index contributed by atoms with van der Waals surface area (Å²) < 4.78 is 15.8. The number of fused-ring (bicyclic) bond motifs is 5. The van der Waals surface area contributed by atoms with E-state index in [4.69, 9.17) is 0 Å². The molecule has 2 heterocycles. The summed E-state index contributed by atoms with van der Waals surface area (Å²) in [6, 6.07) is 21.0. The third kappa shape index (κ3) is 2.98. The SMILES string of the molecule is CC1(C)Cc2c([nH]c3c(F)c(-c4ccc(N5CCCCC5)cc4)ccc23)-c2ccccc21. The van der Waals surface area contributed by atoms with Gasteiger partial charge in [-0.3, -0.25) is 0 Å². The minimum Gasteiger partial charge on any atom is -0.372 e. The van der Waals surface area contributed by atoms with E-state index in [1.807, 2.05) is 6.07 Å². The Bertz CT molecular complexity index is 1310. The van der Waals surface area contributed by atoms with Gasteiger partial charge >= 0.3 is 0 Å². The number of rotatable bonds is 2. The van der Waals surface area contributed by atoms with Crippen LogP contribution < -0.4 is 4.90 Å². The summed E-state index contributed by atoms with van der Waals surface area (Å²) in [6.45, 7) is 6.79. The van der Waals surface area contributed by atoms with Crippen LogP contribution in [0, 0.1) is 5.82 Å². The van der Waals surface area contributed by atoms with Gasteiger partial charge in [0.15, 0.2) is 5.82 Å². The fourth-order valence-corrected chi connectivity index (χ4v) is 5.75. The van der Waals surface area contributed by atoms with E-state index in [2.05, 4.69) is 78.3 Å². The molecule has 2 aliphatic rings. The van der Waals surface area contributed by atoms with Crippen LogP contribution in [0.15, 0.2) is 60.7 Å². The minimum atomic E-state index is -0.155. The molecule has 32 heavy (non-hydrogen) atoms. The lowest BCUT2D eigenvalue weighted by atomic mass is 9.71. The van der Waals surface area contributed by atoms with Gasteiger partial charge in [0.2, 0.25) is 0 Å². The molecular formula is C29H29FN2. The molecule has 0 saturated carbocycles. The summed E-state index contributed by atoms with van der Waals surface area (Å²) in [5.41, 5.74) is 8.31. The Hall–Kier alpha value is -3.07. The highest BCUT2D eigenvalue weighted by Gasteiger charge is 2.33. The molecule has 1 aliphatic heterocycles. The van der Waals surface area contributed by atoms with Gasteiger partial charge in [0, 0.05) is 35.3 Å². The average Bonchev–Trinajstić information content (AvgIpc) is 3.19. The molecule has 0 unspecified atom stereocenters. The van der Waals surface area contributed by atoms with Crippen LogP contribution in [0.3, 0.4) is 0 Å². The van der Waals surface area contributed by atoms with E-state index in [1.165, 1.54) is 41.6 Å². The van der Waals surface area contributed by atoms with Crippen molar-refractivity contribution in [1.29, 1.82) is 0 Å².